The molecule has 0 radical (unpaired) electrons. The minimum atomic E-state index is -0.169. The molecule has 1 aromatic carbocycles. The molecule has 138 valence electrons. The Morgan fingerprint density at radius 2 is 2.16 bits per heavy atom. The topological polar surface area (TPSA) is 82.7 Å². The van der Waals surface area contributed by atoms with Crippen molar-refractivity contribution in [3.63, 3.8) is 0 Å². The number of benzene rings is 1. The van der Waals surface area contributed by atoms with Gasteiger partial charge in [-0.2, -0.15) is 0 Å². The first-order chi connectivity index (χ1) is 11.6. The summed E-state index contributed by atoms with van der Waals surface area (Å²) in [5, 5.41) is 9.20. The first-order valence-corrected chi connectivity index (χ1v) is 8.35. The van der Waals surface area contributed by atoms with E-state index < -0.39 is 0 Å². The summed E-state index contributed by atoms with van der Waals surface area (Å²) in [6.07, 6.45) is 0.921. The van der Waals surface area contributed by atoms with Crippen molar-refractivity contribution in [2.75, 3.05) is 38.2 Å². The maximum absolute atomic E-state index is 12.6. The van der Waals surface area contributed by atoms with Gasteiger partial charge in [-0.25, -0.2) is 4.79 Å². The number of ether oxygens (including phenoxy) is 1. The average Bonchev–Trinajstić information content (AvgIpc) is 3.02. The Bertz CT molecular complexity index is 640. The van der Waals surface area contributed by atoms with Crippen LogP contribution in [0.25, 0.3) is 0 Å². The van der Waals surface area contributed by atoms with Crippen LogP contribution in [0.3, 0.4) is 0 Å². The van der Waals surface area contributed by atoms with Crippen molar-refractivity contribution >= 4 is 30.0 Å². The molecule has 2 aliphatic rings. The lowest BCUT2D eigenvalue weighted by Crippen LogP contribution is -2.48. The van der Waals surface area contributed by atoms with Crippen molar-refractivity contribution < 1.29 is 14.3 Å². The summed E-state index contributed by atoms with van der Waals surface area (Å²) < 4.78 is 5.35. The van der Waals surface area contributed by atoms with E-state index in [-0.39, 0.29) is 30.4 Å². The minimum Gasteiger partial charge on any atom is -0.495 e. The third kappa shape index (κ3) is 4.16. The number of nitrogens with zero attached hydrogens (tertiary/aromatic N) is 1. The number of anilines is 1. The van der Waals surface area contributed by atoms with Crippen LogP contribution in [0.5, 0.6) is 5.75 Å². The molecule has 2 aliphatic heterocycles. The fourth-order valence-corrected chi connectivity index (χ4v) is 3.22. The van der Waals surface area contributed by atoms with E-state index in [0.717, 1.165) is 19.5 Å². The van der Waals surface area contributed by atoms with Crippen LogP contribution in [0, 0.1) is 5.92 Å². The molecular weight excluding hydrogens is 344 g/mol. The maximum atomic E-state index is 12.6. The first kappa shape index (κ1) is 19.3. The van der Waals surface area contributed by atoms with E-state index in [0.29, 0.717) is 36.0 Å². The van der Waals surface area contributed by atoms with Crippen LogP contribution in [0.15, 0.2) is 18.2 Å². The largest absolute Gasteiger partial charge is 0.495 e. The van der Waals surface area contributed by atoms with Gasteiger partial charge in [0, 0.05) is 24.7 Å². The first-order valence-electron chi connectivity index (χ1n) is 8.35. The van der Waals surface area contributed by atoms with Crippen LogP contribution in [0.4, 0.5) is 10.5 Å². The molecule has 2 unspecified atom stereocenters. The van der Waals surface area contributed by atoms with Crippen molar-refractivity contribution in [1.82, 2.24) is 16.0 Å². The lowest BCUT2D eigenvalue weighted by atomic mass is 9.95. The minimum absolute atomic E-state index is 0. The highest BCUT2D eigenvalue weighted by Crippen LogP contribution is 2.30. The smallest absolute Gasteiger partial charge is 0.322 e. The molecule has 2 atom stereocenters. The third-order valence-corrected chi connectivity index (χ3v) is 4.69. The Balaban J connectivity index is 0.00000225. The molecule has 7 nitrogen and oxygen atoms in total. The summed E-state index contributed by atoms with van der Waals surface area (Å²) in [6.45, 7) is 5.10. The summed E-state index contributed by atoms with van der Waals surface area (Å²) >= 11 is 0. The van der Waals surface area contributed by atoms with Crippen LogP contribution >= 0.6 is 12.4 Å². The second-order valence-corrected chi connectivity index (χ2v) is 6.32. The fraction of sp³-hybridized carbons (Fsp3) is 0.529. The third-order valence-electron chi connectivity index (χ3n) is 4.69. The number of carbonyl (C=O) groups excluding carboxylic acids is 2. The highest BCUT2D eigenvalue weighted by molar-refractivity contribution is 6.00. The molecule has 2 heterocycles. The molecule has 3 rings (SSSR count). The summed E-state index contributed by atoms with van der Waals surface area (Å²) in [5.74, 6) is 0.862. The Labute approximate surface area is 153 Å². The van der Waals surface area contributed by atoms with Crippen LogP contribution < -0.4 is 25.6 Å². The Kier molecular flexibility index (Phi) is 6.50. The van der Waals surface area contributed by atoms with Crippen LogP contribution in [0.1, 0.15) is 23.7 Å². The zero-order valence-electron chi connectivity index (χ0n) is 14.5. The number of rotatable bonds is 4. The average molecular weight is 369 g/mol. The zero-order valence-corrected chi connectivity index (χ0v) is 15.3. The Hall–Kier alpha value is -1.99. The van der Waals surface area contributed by atoms with Crippen molar-refractivity contribution in [1.29, 1.82) is 0 Å². The molecule has 2 fully saturated rings. The van der Waals surface area contributed by atoms with E-state index in [4.69, 9.17) is 4.74 Å². The quantitative estimate of drug-likeness (QED) is 0.749. The van der Waals surface area contributed by atoms with Gasteiger partial charge >= 0.3 is 6.03 Å². The van der Waals surface area contributed by atoms with Gasteiger partial charge in [0.2, 0.25) is 0 Å². The number of hydrogen-bond acceptors (Lipinski definition) is 4. The molecule has 1 aromatic rings. The lowest BCUT2D eigenvalue weighted by molar-refractivity contribution is 0.0914. The Morgan fingerprint density at radius 1 is 1.36 bits per heavy atom. The SMILES string of the molecule is COc1ccc(C(=O)NC2CCNCC2C)cc1N1CCNC1=O.Cl. The van der Waals surface area contributed by atoms with Gasteiger partial charge in [0.1, 0.15) is 5.75 Å². The number of urea groups is 1. The number of hydrogen-bond donors (Lipinski definition) is 3. The number of amides is 3. The monoisotopic (exact) mass is 368 g/mol. The number of nitrogens with one attached hydrogen (secondary N) is 3. The van der Waals surface area contributed by atoms with Gasteiger partial charge in [-0.15, -0.1) is 12.4 Å². The van der Waals surface area contributed by atoms with Crippen LogP contribution in [-0.4, -0.2) is 51.3 Å². The van der Waals surface area contributed by atoms with E-state index >= 15 is 0 Å². The zero-order chi connectivity index (χ0) is 17.1. The standard InChI is InChI=1S/C17H24N4O3.ClH/c1-11-10-18-6-5-13(11)20-16(22)12-3-4-15(24-2)14(9-12)21-8-7-19-17(21)23;/h3-4,9,11,13,18H,5-8,10H2,1-2H3,(H,19,23)(H,20,22);1H. The number of piperidine rings is 1. The predicted octanol–water partition coefficient (Wildman–Crippen LogP) is 1.37. The summed E-state index contributed by atoms with van der Waals surface area (Å²) in [5.41, 5.74) is 1.16. The van der Waals surface area contributed by atoms with Gasteiger partial charge in [-0.1, -0.05) is 6.92 Å². The molecule has 3 amide bonds. The number of methoxy groups -OCH3 is 1. The van der Waals surface area contributed by atoms with E-state index in [1.165, 1.54) is 0 Å². The number of halogens is 1. The van der Waals surface area contributed by atoms with Crippen molar-refractivity contribution in [2.24, 2.45) is 5.92 Å². The van der Waals surface area contributed by atoms with E-state index in [1.807, 2.05) is 0 Å². The normalized spacial score (nSPS) is 22.8. The molecule has 0 aliphatic carbocycles. The van der Waals surface area contributed by atoms with Gasteiger partial charge in [-0.05, 0) is 43.6 Å². The van der Waals surface area contributed by atoms with Gasteiger partial charge in [0.25, 0.3) is 5.91 Å². The predicted molar refractivity (Wildman–Crippen MR) is 98.9 cm³/mol. The van der Waals surface area contributed by atoms with Gasteiger partial charge < -0.3 is 20.7 Å². The molecule has 3 N–H and O–H groups in total. The van der Waals surface area contributed by atoms with E-state index in [2.05, 4.69) is 22.9 Å². The van der Waals surface area contributed by atoms with Crippen LogP contribution in [-0.2, 0) is 0 Å². The highest BCUT2D eigenvalue weighted by atomic mass is 35.5. The summed E-state index contributed by atoms with van der Waals surface area (Å²) in [6, 6.07) is 5.20. The summed E-state index contributed by atoms with van der Waals surface area (Å²) in [4.78, 5) is 26.2. The molecular formula is C17H25ClN4O3. The van der Waals surface area contributed by atoms with Crippen molar-refractivity contribution in [3.8, 4) is 5.75 Å². The molecule has 0 aromatic heterocycles. The highest BCUT2D eigenvalue weighted by Gasteiger charge is 2.27. The Morgan fingerprint density at radius 3 is 2.80 bits per heavy atom. The van der Waals surface area contributed by atoms with Crippen LogP contribution in [0.2, 0.25) is 0 Å². The van der Waals surface area contributed by atoms with Crippen molar-refractivity contribution in [2.45, 2.75) is 19.4 Å². The van der Waals surface area contributed by atoms with Gasteiger partial charge in [0.15, 0.2) is 0 Å². The van der Waals surface area contributed by atoms with Crippen molar-refractivity contribution in [3.05, 3.63) is 23.8 Å². The molecule has 8 heteroatoms. The molecule has 2 saturated heterocycles. The fourth-order valence-electron chi connectivity index (χ4n) is 3.22. The van der Waals surface area contributed by atoms with E-state index in [9.17, 15) is 9.59 Å². The second kappa shape index (κ2) is 8.40. The van der Waals surface area contributed by atoms with Gasteiger partial charge in [-0.3, -0.25) is 9.69 Å². The number of carbonyl (C=O) groups is 2. The molecule has 0 saturated carbocycles. The van der Waals surface area contributed by atoms with Gasteiger partial charge in [0.05, 0.1) is 12.8 Å². The maximum Gasteiger partial charge on any atom is 0.322 e. The lowest BCUT2D eigenvalue weighted by Gasteiger charge is -2.30. The van der Waals surface area contributed by atoms with E-state index in [1.54, 1.807) is 30.2 Å². The molecule has 0 bridgehead atoms. The summed E-state index contributed by atoms with van der Waals surface area (Å²) in [7, 11) is 1.56. The molecule has 25 heavy (non-hydrogen) atoms. The second-order valence-electron chi connectivity index (χ2n) is 6.32. The molecule has 0 spiro atoms.